The smallest absolute Gasteiger partial charge is 0.271 e. The van der Waals surface area contributed by atoms with Crippen molar-refractivity contribution in [2.24, 2.45) is 0 Å². The fourth-order valence-electron chi connectivity index (χ4n) is 6.02. The molecular formula is C25H35N3O2S. The molecule has 3 aliphatic rings. The third-order valence-electron chi connectivity index (χ3n) is 7.79. The van der Waals surface area contributed by atoms with Crippen molar-refractivity contribution in [3.05, 3.63) is 22.7 Å². The topological polar surface area (TPSA) is 54.3 Å². The van der Waals surface area contributed by atoms with Gasteiger partial charge in [-0.3, -0.25) is 9.59 Å². The number of aryl methyl sites for hydroxylation is 1. The Hall–Kier alpha value is -1.82. The molecule has 0 unspecified atom stereocenters. The summed E-state index contributed by atoms with van der Waals surface area (Å²) in [5.41, 5.74) is 1.03. The van der Waals surface area contributed by atoms with Gasteiger partial charge in [0.2, 0.25) is 5.91 Å². The van der Waals surface area contributed by atoms with Crippen LogP contribution < -0.4 is 5.32 Å². The SMILES string of the molecule is CCc1cc2c(cc3n2C[C@](C)(C(=O)NC2CCCCC2)N(C2CCCCC2)C3=O)s1. The van der Waals surface area contributed by atoms with Crippen LogP contribution in [0.1, 0.15) is 93.4 Å². The van der Waals surface area contributed by atoms with Gasteiger partial charge in [0.25, 0.3) is 5.91 Å². The molecule has 0 saturated heterocycles. The lowest BCUT2D eigenvalue weighted by molar-refractivity contribution is -0.135. The van der Waals surface area contributed by atoms with Crippen LogP contribution in [0.15, 0.2) is 12.1 Å². The fourth-order valence-corrected chi connectivity index (χ4v) is 7.06. The summed E-state index contributed by atoms with van der Waals surface area (Å²) in [6.45, 7) is 4.73. The number of carbonyl (C=O) groups excluding carboxylic acids is 2. The summed E-state index contributed by atoms with van der Waals surface area (Å²) in [6, 6.07) is 4.69. The minimum absolute atomic E-state index is 0.0387. The van der Waals surface area contributed by atoms with E-state index in [-0.39, 0.29) is 23.9 Å². The van der Waals surface area contributed by atoms with Crippen LogP contribution in [-0.2, 0) is 17.8 Å². The molecule has 0 aromatic carbocycles. The molecule has 2 fully saturated rings. The van der Waals surface area contributed by atoms with E-state index in [1.165, 1.54) is 35.3 Å². The molecule has 5 rings (SSSR count). The van der Waals surface area contributed by atoms with Crippen molar-refractivity contribution in [2.45, 2.75) is 109 Å². The van der Waals surface area contributed by atoms with Crippen molar-refractivity contribution in [1.29, 1.82) is 0 Å². The summed E-state index contributed by atoms with van der Waals surface area (Å²) in [7, 11) is 0. The van der Waals surface area contributed by atoms with Gasteiger partial charge in [0.15, 0.2) is 0 Å². The Labute approximate surface area is 189 Å². The standard InChI is InChI=1S/C25H35N3O2S/c1-3-19-14-20-22(31-19)15-21-23(29)28(18-12-8-5-9-13-18)25(2,16-27(20)21)24(30)26-17-10-6-4-7-11-17/h14-15,17-18H,3-13,16H2,1-2H3,(H,26,30)/t25-/m1/s1. The summed E-state index contributed by atoms with van der Waals surface area (Å²) >= 11 is 1.77. The Bertz CT molecular complexity index is 980. The maximum absolute atomic E-state index is 13.9. The van der Waals surface area contributed by atoms with E-state index >= 15 is 0 Å². The summed E-state index contributed by atoms with van der Waals surface area (Å²) in [5, 5.41) is 3.36. The van der Waals surface area contributed by atoms with Crippen LogP contribution in [0.25, 0.3) is 10.2 Å². The molecule has 2 aromatic rings. The number of amides is 2. The van der Waals surface area contributed by atoms with E-state index in [0.717, 1.165) is 56.2 Å². The highest BCUT2D eigenvalue weighted by Crippen LogP contribution is 2.39. The number of aromatic nitrogens is 1. The highest BCUT2D eigenvalue weighted by atomic mass is 32.1. The first kappa shape index (κ1) is 21.0. The van der Waals surface area contributed by atoms with E-state index in [2.05, 4.69) is 28.9 Å². The molecule has 168 valence electrons. The lowest BCUT2D eigenvalue weighted by atomic mass is 9.86. The van der Waals surface area contributed by atoms with E-state index in [0.29, 0.717) is 6.54 Å². The first-order chi connectivity index (χ1) is 15.0. The quantitative estimate of drug-likeness (QED) is 0.703. The molecule has 1 N–H and O–H groups in total. The monoisotopic (exact) mass is 441 g/mol. The minimum atomic E-state index is -0.843. The second kappa shape index (κ2) is 8.27. The number of hydrogen-bond donors (Lipinski definition) is 1. The summed E-state index contributed by atoms with van der Waals surface area (Å²) in [5.74, 6) is 0.0812. The Morgan fingerprint density at radius 3 is 2.45 bits per heavy atom. The van der Waals surface area contributed by atoms with E-state index in [1.807, 2.05) is 11.8 Å². The number of rotatable bonds is 4. The van der Waals surface area contributed by atoms with Gasteiger partial charge in [-0.25, -0.2) is 0 Å². The molecule has 5 nitrogen and oxygen atoms in total. The van der Waals surface area contributed by atoms with Crippen molar-refractivity contribution in [2.75, 3.05) is 0 Å². The molecule has 0 radical (unpaired) electrons. The van der Waals surface area contributed by atoms with Crippen molar-refractivity contribution < 1.29 is 9.59 Å². The van der Waals surface area contributed by atoms with E-state index in [4.69, 9.17) is 0 Å². The van der Waals surface area contributed by atoms with Gasteiger partial charge in [-0.15, -0.1) is 11.3 Å². The lowest BCUT2D eigenvalue weighted by Gasteiger charge is -2.49. The fraction of sp³-hybridized carbons (Fsp3) is 0.680. The average Bonchev–Trinajstić information content (AvgIpc) is 3.34. The molecule has 31 heavy (non-hydrogen) atoms. The normalized spacial score (nSPS) is 25.7. The minimum Gasteiger partial charge on any atom is -0.351 e. The van der Waals surface area contributed by atoms with Gasteiger partial charge in [0, 0.05) is 17.0 Å². The zero-order valence-electron chi connectivity index (χ0n) is 18.9. The number of hydrogen-bond acceptors (Lipinski definition) is 3. The molecule has 6 heteroatoms. The Morgan fingerprint density at radius 2 is 1.77 bits per heavy atom. The molecule has 2 saturated carbocycles. The first-order valence-corrected chi connectivity index (χ1v) is 13.1. The van der Waals surface area contributed by atoms with Crippen molar-refractivity contribution >= 4 is 33.4 Å². The van der Waals surface area contributed by atoms with Gasteiger partial charge >= 0.3 is 0 Å². The van der Waals surface area contributed by atoms with Gasteiger partial charge in [0.05, 0.1) is 16.8 Å². The molecule has 1 aliphatic heterocycles. The Balaban J connectivity index is 1.54. The second-order valence-electron chi connectivity index (χ2n) is 9.98. The third kappa shape index (κ3) is 3.61. The van der Waals surface area contributed by atoms with Gasteiger partial charge in [-0.1, -0.05) is 45.4 Å². The maximum atomic E-state index is 13.9. The van der Waals surface area contributed by atoms with Crippen LogP contribution >= 0.6 is 11.3 Å². The highest BCUT2D eigenvalue weighted by Gasteiger charge is 2.50. The van der Waals surface area contributed by atoms with E-state index in [1.54, 1.807) is 11.3 Å². The first-order valence-electron chi connectivity index (χ1n) is 12.3. The van der Waals surface area contributed by atoms with Crippen LogP contribution in [-0.4, -0.2) is 38.9 Å². The number of nitrogens with one attached hydrogen (secondary N) is 1. The Morgan fingerprint density at radius 1 is 1.10 bits per heavy atom. The summed E-state index contributed by atoms with van der Waals surface area (Å²) in [6.07, 6.45) is 12.3. The van der Waals surface area contributed by atoms with Crippen LogP contribution in [0.5, 0.6) is 0 Å². The molecule has 2 aromatic heterocycles. The molecule has 3 heterocycles. The summed E-state index contributed by atoms with van der Waals surface area (Å²) in [4.78, 5) is 31.0. The Kier molecular flexibility index (Phi) is 5.61. The van der Waals surface area contributed by atoms with Gasteiger partial charge < -0.3 is 14.8 Å². The predicted octanol–water partition coefficient (Wildman–Crippen LogP) is 5.26. The molecular weight excluding hydrogens is 406 g/mol. The molecule has 0 bridgehead atoms. The van der Waals surface area contributed by atoms with Crippen molar-refractivity contribution in [1.82, 2.24) is 14.8 Å². The van der Waals surface area contributed by atoms with E-state index < -0.39 is 5.54 Å². The lowest BCUT2D eigenvalue weighted by Crippen LogP contribution is -2.67. The van der Waals surface area contributed by atoms with Crippen LogP contribution in [0, 0.1) is 0 Å². The number of thiophene rings is 1. The largest absolute Gasteiger partial charge is 0.351 e. The molecule has 0 spiro atoms. The maximum Gasteiger partial charge on any atom is 0.271 e. The van der Waals surface area contributed by atoms with Gasteiger partial charge in [0.1, 0.15) is 11.2 Å². The number of fused-ring (bicyclic) bond motifs is 3. The highest BCUT2D eigenvalue weighted by molar-refractivity contribution is 7.19. The van der Waals surface area contributed by atoms with Crippen LogP contribution in [0.4, 0.5) is 0 Å². The zero-order valence-corrected chi connectivity index (χ0v) is 19.7. The number of nitrogens with zero attached hydrogens (tertiary/aromatic N) is 2. The van der Waals surface area contributed by atoms with Crippen molar-refractivity contribution in [3.63, 3.8) is 0 Å². The summed E-state index contributed by atoms with van der Waals surface area (Å²) < 4.78 is 3.30. The van der Waals surface area contributed by atoms with E-state index in [9.17, 15) is 9.59 Å². The molecule has 2 aliphatic carbocycles. The van der Waals surface area contributed by atoms with Crippen molar-refractivity contribution in [3.8, 4) is 0 Å². The predicted molar refractivity (Wildman–Crippen MR) is 126 cm³/mol. The van der Waals surface area contributed by atoms with Crippen LogP contribution in [0.3, 0.4) is 0 Å². The van der Waals surface area contributed by atoms with Crippen LogP contribution in [0.2, 0.25) is 0 Å². The zero-order chi connectivity index (χ0) is 21.6. The average molecular weight is 442 g/mol. The second-order valence-corrected chi connectivity index (χ2v) is 11.1. The molecule has 1 atom stereocenters. The molecule has 2 amide bonds. The third-order valence-corrected chi connectivity index (χ3v) is 9.01. The van der Waals surface area contributed by atoms with Gasteiger partial charge in [-0.05, 0) is 51.2 Å². The van der Waals surface area contributed by atoms with Gasteiger partial charge in [-0.2, -0.15) is 0 Å². The number of carbonyl (C=O) groups is 2.